The lowest BCUT2D eigenvalue weighted by atomic mass is 10.0. The molecule has 0 saturated carbocycles. The number of hydrogen-bond acceptors (Lipinski definition) is 4. The molecule has 1 heterocycles. The van der Waals surface area contributed by atoms with Crippen LogP contribution in [-0.2, 0) is 6.54 Å². The standard InChI is InChI=1S/C23H25N3O/c1-18-6-8-19(9-7-18)17-25-12-14-26(15-13-25)24-16-22-21-5-3-2-4-20(21)10-11-23(22)27/h2-11,16,27H,12-15,17H2,1H3. The van der Waals surface area contributed by atoms with E-state index in [4.69, 9.17) is 0 Å². The number of aromatic hydroxyl groups is 1. The summed E-state index contributed by atoms with van der Waals surface area (Å²) < 4.78 is 0. The minimum Gasteiger partial charge on any atom is -0.507 e. The molecule has 0 aliphatic carbocycles. The van der Waals surface area contributed by atoms with Gasteiger partial charge in [0.15, 0.2) is 0 Å². The molecule has 3 aromatic carbocycles. The summed E-state index contributed by atoms with van der Waals surface area (Å²) in [5.41, 5.74) is 3.45. The van der Waals surface area contributed by atoms with Gasteiger partial charge in [0.2, 0.25) is 0 Å². The fraction of sp³-hybridized carbons (Fsp3) is 0.261. The Morgan fingerprint density at radius 1 is 0.926 bits per heavy atom. The van der Waals surface area contributed by atoms with Crippen molar-refractivity contribution in [3.8, 4) is 5.75 Å². The van der Waals surface area contributed by atoms with Gasteiger partial charge in [0.1, 0.15) is 5.75 Å². The Balaban J connectivity index is 1.39. The highest BCUT2D eigenvalue weighted by atomic mass is 16.3. The van der Waals surface area contributed by atoms with Gasteiger partial charge in [0.25, 0.3) is 0 Å². The van der Waals surface area contributed by atoms with Crippen LogP contribution in [0.4, 0.5) is 0 Å². The molecule has 0 aromatic heterocycles. The number of phenols is 1. The third-order valence-electron chi connectivity index (χ3n) is 5.17. The van der Waals surface area contributed by atoms with Gasteiger partial charge in [-0.3, -0.25) is 9.91 Å². The molecule has 0 amide bonds. The molecule has 27 heavy (non-hydrogen) atoms. The average Bonchev–Trinajstić information content (AvgIpc) is 2.70. The van der Waals surface area contributed by atoms with Crippen LogP contribution in [0.1, 0.15) is 16.7 Å². The summed E-state index contributed by atoms with van der Waals surface area (Å²) in [5.74, 6) is 0.274. The lowest BCUT2D eigenvalue weighted by Crippen LogP contribution is -2.43. The lowest BCUT2D eigenvalue weighted by Gasteiger charge is -2.33. The Morgan fingerprint density at radius 3 is 2.44 bits per heavy atom. The molecule has 4 heteroatoms. The van der Waals surface area contributed by atoms with Gasteiger partial charge in [-0.2, -0.15) is 5.10 Å². The van der Waals surface area contributed by atoms with E-state index >= 15 is 0 Å². The van der Waals surface area contributed by atoms with Crippen molar-refractivity contribution >= 4 is 17.0 Å². The monoisotopic (exact) mass is 359 g/mol. The second-order valence-electron chi connectivity index (χ2n) is 7.18. The number of piperazine rings is 1. The molecule has 3 aromatic rings. The third-order valence-corrected chi connectivity index (χ3v) is 5.17. The van der Waals surface area contributed by atoms with Gasteiger partial charge in [0, 0.05) is 38.3 Å². The first-order valence-electron chi connectivity index (χ1n) is 9.46. The number of nitrogens with zero attached hydrogens (tertiary/aromatic N) is 3. The maximum absolute atomic E-state index is 10.2. The molecule has 0 bridgehead atoms. The number of rotatable bonds is 4. The van der Waals surface area contributed by atoms with Gasteiger partial charge in [-0.15, -0.1) is 0 Å². The molecular weight excluding hydrogens is 334 g/mol. The molecule has 1 aliphatic heterocycles. The number of hydrogen-bond donors (Lipinski definition) is 1. The van der Waals surface area contributed by atoms with E-state index in [-0.39, 0.29) is 5.75 Å². The zero-order valence-corrected chi connectivity index (χ0v) is 15.7. The highest BCUT2D eigenvalue weighted by molar-refractivity contribution is 6.02. The van der Waals surface area contributed by atoms with E-state index < -0.39 is 0 Å². The number of hydrazone groups is 1. The topological polar surface area (TPSA) is 39.1 Å². The highest BCUT2D eigenvalue weighted by Gasteiger charge is 2.15. The first kappa shape index (κ1) is 17.6. The van der Waals surface area contributed by atoms with Crippen LogP contribution in [0.25, 0.3) is 10.8 Å². The minimum atomic E-state index is 0.274. The third kappa shape index (κ3) is 4.12. The normalized spacial score (nSPS) is 15.7. The summed E-state index contributed by atoms with van der Waals surface area (Å²) in [4.78, 5) is 2.46. The largest absolute Gasteiger partial charge is 0.507 e. The van der Waals surface area contributed by atoms with Crippen LogP contribution in [0.5, 0.6) is 5.75 Å². The van der Waals surface area contributed by atoms with Gasteiger partial charge in [-0.05, 0) is 29.3 Å². The molecule has 0 radical (unpaired) electrons. The summed E-state index contributed by atoms with van der Waals surface area (Å²) in [5, 5.41) is 19.1. The SMILES string of the molecule is Cc1ccc(CN2CCN(N=Cc3c(O)ccc4ccccc34)CC2)cc1. The Kier molecular flexibility index (Phi) is 5.07. The van der Waals surface area contributed by atoms with E-state index in [1.54, 1.807) is 12.3 Å². The van der Waals surface area contributed by atoms with Crippen molar-refractivity contribution in [3.63, 3.8) is 0 Å². The fourth-order valence-corrected chi connectivity index (χ4v) is 3.52. The summed E-state index contributed by atoms with van der Waals surface area (Å²) in [6.07, 6.45) is 1.80. The second-order valence-corrected chi connectivity index (χ2v) is 7.18. The number of benzene rings is 3. The first-order chi connectivity index (χ1) is 13.2. The Labute approximate surface area is 160 Å². The molecular formula is C23H25N3O. The Morgan fingerprint density at radius 2 is 1.67 bits per heavy atom. The van der Waals surface area contributed by atoms with Crippen molar-refractivity contribution in [3.05, 3.63) is 77.4 Å². The second kappa shape index (κ2) is 7.80. The van der Waals surface area contributed by atoms with Gasteiger partial charge in [-0.25, -0.2) is 0 Å². The number of aryl methyl sites for hydroxylation is 1. The predicted molar refractivity (Wildman–Crippen MR) is 111 cm³/mol. The highest BCUT2D eigenvalue weighted by Crippen LogP contribution is 2.25. The van der Waals surface area contributed by atoms with Crippen LogP contribution in [-0.4, -0.2) is 47.4 Å². The molecule has 1 saturated heterocycles. The first-order valence-corrected chi connectivity index (χ1v) is 9.46. The van der Waals surface area contributed by atoms with E-state index in [0.717, 1.165) is 49.1 Å². The maximum Gasteiger partial charge on any atom is 0.125 e. The molecule has 4 rings (SSSR count). The minimum absolute atomic E-state index is 0.274. The molecule has 0 atom stereocenters. The molecule has 0 spiro atoms. The van der Waals surface area contributed by atoms with Crippen molar-refractivity contribution in [2.45, 2.75) is 13.5 Å². The van der Waals surface area contributed by atoms with Gasteiger partial charge < -0.3 is 5.11 Å². The maximum atomic E-state index is 10.2. The van der Waals surface area contributed by atoms with Crippen LogP contribution < -0.4 is 0 Å². The molecule has 1 N–H and O–H groups in total. The zero-order valence-electron chi connectivity index (χ0n) is 15.7. The molecule has 1 fully saturated rings. The van der Waals surface area contributed by atoms with E-state index in [1.165, 1.54) is 11.1 Å². The Bertz CT molecular complexity index is 941. The van der Waals surface area contributed by atoms with Gasteiger partial charge in [-0.1, -0.05) is 60.2 Å². The molecule has 138 valence electrons. The quantitative estimate of drug-likeness (QED) is 0.716. The van der Waals surface area contributed by atoms with Gasteiger partial charge in [0.05, 0.1) is 6.21 Å². The Hall–Kier alpha value is -2.85. The van der Waals surface area contributed by atoms with Crippen molar-refractivity contribution in [2.75, 3.05) is 26.2 Å². The fourth-order valence-electron chi connectivity index (χ4n) is 3.52. The van der Waals surface area contributed by atoms with E-state index in [1.807, 2.05) is 24.3 Å². The molecule has 1 aliphatic rings. The molecule has 4 nitrogen and oxygen atoms in total. The lowest BCUT2D eigenvalue weighted by molar-refractivity contribution is 0.131. The van der Waals surface area contributed by atoms with Crippen LogP contribution in [0.3, 0.4) is 0 Å². The number of fused-ring (bicyclic) bond motifs is 1. The van der Waals surface area contributed by atoms with Crippen molar-refractivity contribution in [1.82, 2.24) is 9.91 Å². The molecule has 0 unspecified atom stereocenters. The predicted octanol–water partition coefficient (Wildman–Crippen LogP) is 4.01. The number of phenolic OH excluding ortho intramolecular Hbond substituents is 1. The van der Waals surface area contributed by atoms with Gasteiger partial charge >= 0.3 is 0 Å². The van der Waals surface area contributed by atoms with E-state index in [2.05, 4.69) is 52.3 Å². The van der Waals surface area contributed by atoms with Crippen molar-refractivity contribution < 1.29 is 5.11 Å². The van der Waals surface area contributed by atoms with Crippen LogP contribution in [0.15, 0.2) is 65.8 Å². The summed E-state index contributed by atoms with van der Waals surface area (Å²) in [7, 11) is 0. The summed E-state index contributed by atoms with van der Waals surface area (Å²) in [6, 6.07) is 20.5. The van der Waals surface area contributed by atoms with Crippen LogP contribution >= 0.6 is 0 Å². The van der Waals surface area contributed by atoms with E-state index in [0.29, 0.717) is 0 Å². The zero-order chi connectivity index (χ0) is 18.6. The van der Waals surface area contributed by atoms with Crippen LogP contribution in [0.2, 0.25) is 0 Å². The smallest absolute Gasteiger partial charge is 0.125 e. The van der Waals surface area contributed by atoms with Crippen molar-refractivity contribution in [2.24, 2.45) is 5.10 Å². The summed E-state index contributed by atoms with van der Waals surface area (Å²) in [6.45, 7) is 6.89. The average molecular weight is 359 g/mol. The van der Waals surface area contributed by atoms with E-state index in [9.17, 15) is 5.11 Å². The summed E-state index contributed by atoms with van der Waals surface area (Å²) >= 11 is 0. The van der Waals surface area contributed by atoms with Crippen molar-refractivity contribution in [1.29, 1.82) is 0 Å². The van der Waals surface area contributed by atoms with Crippen LogP contribution in [0, 0.1) is 6.92 Å².